The second-order valence-electron chi connectivity index (χ2n) is 23.8. The van der Waals surface area contributed by atoms with Gasteiger partial charge in [-0.3, -0.25) is 14.4 Å². The molecule has 0 fully saturated rings. The summed E-state index contributed by atoms with van der Waals surface area (Å²) in [6.07, 6.45) is 90.9. The summed E-state index contributed by atoms with van der Waals surface area (Å²) in [4.78, 5) is 38.4. The van der Waals surface area contributed by atoms with E-state index in [0.29, 0.717) is 19.3 Å². The topological polar surface area (TPSA) is 78.9 Å². The Morgan fingerprint density at radius 1 is 0.259 bits per heavy atom. The lowest BCUT2D eigenvalue weighted by Gasteiger charge is -2.18. The lowest BCUT2D eigenvalue weighted by molar-refractivity contribution is -0.167. The highest BCUT2D eigenvalue weighted by Crippen LogP contribution is 2.18. The third-order valence-electron chi connectivity index (χ3n) is 15.7. The van der Waals surface area contributed by atoms with Crippen molar-refractivity contribution in [2.75, 3.05) is 13.2 Å². The van der Waals surface area contributed by atoms with Gasteiger partial charge >= 0.3 is 17.9 Å². The third kappa shape index (κ3) is 67.5. The molecular weight excluding hydrogens is 997 g/mol. The van der Waals surface area contributed by atoms with Crippen molar-refractivity contribution in [3.8, 4) is 0 Å². The molecule has 0 aliphatic heterocycles. The third-order valence-corrected chi connectivity index (χ3v) is 15.7. The minimum atomic E-state index is -0.786. The number of rotatable bonds is 65. The number of esters is 3. The second kappa shape index (κ2) is 69.3. The molecule has 0 aliphatic carbocycles. The molecular formula is C75H134O6. The van der Waals surface area contributed by atoms with Gasteiger partial charge in [0.1, 0.15) is 13.2 Å². The predicted molar refractivity (Wildman–Crippen MR) is 353 cm³/mol. The Balaban J connectivity index is 4.15. The molecule has 6 nitrogen and oxygen atoms in total. The van der Waals surface area contributed by atoms with E-state index in [2.05, 4.69) is 93.7 Å². The maximum absolute atomic E-state index is 12.9. The summed E-state index contributed by atoms with van der Waals surface area (Å²) < 4.78 is 16.9. The molecule has 0 N–H and O–H groups in total. The molecule has 0 saturated heterocycles. The van der Waals surface area contributed by atoms with Crippen molar-refractivity contribution >= 4 is 17.9 Å². The molecule has 0 heterocycles. The molecule has 0 spiro atoms. The van der Waals surface area contributed by atoms with E-state index in [-0.39, 0.29) is 31.1 Å². The van der Waals surface area contributed by atoms with E-state index in [9.17, 15) is 14.4 Å². The van der Waals surface area contributed by atoms with Crippen LogP contribution in [0, 0.1) is 0 Å². The van der Waals surface area contributed by atoms with Gasteiger partial charge in [-0.25, -0.2) is 0 Å². The van der Waals surface area contributed by atoms with Crippen LogP contribution in [0.25, 0.3) is 0 Å². The van der Waals surface area contributed by atoms with Crippen LogP contribution in [-0.4, -0.2) is 37.2 Å². The van der Waals surface area contributed by atoms with Gasteiger partial charge in [0.2, 0.25) is 0 Å². The SMILES string of the molecule is CC/C=C\C/C=C\C/C=C\C/C=C\CCCCCCC(=O)OC(COC(=O)CCCCCCCCCCCCCCC)COC(=O)CCCCCCCCCCCCCCCCCCCCCCC/C=C\C/C=C\CCCCCCC. The van der Waals surface area contributed by atoms with Gasteiger partial charge in [-0.05, 0) is 89.9 Å². The lowest BCUT2D eigenvalue weighted by Crippen LogP contribution is -2.30. The number of ether oxygens (including phenoxy) is 3. The van der Waals surface area contributed by atoms with E-state index in [1.807, 2.05) is 0 Å². The predicted octanol–water partition coefficient (Wildman–Crippen LogP) is 24.4. The Bertz CT molecular complexity index is 1490. The fourth-order valence-electron chi connectivity index (χ4n) is 10.4. The summed E-state index contributed by atoms with van der Waals surface area (Å²) in [6, 6.07) is 0. The van der Waals surface area contributed by atoms with Crippen LogP contribution in [0.2, 0.25) is 0 Å². The first kappa shape index (κ1) is 77.9. The molecule has 0 amide bonds. The van der Waals surface area contributed by atoms with Crippen molar-refractivity contribution in [2.45, 2.75) is 374 Å². The monoisotopic (exact) mass is 1130 g/mol. The molecule has 81 heavy (non-hydrogen) atoms. The first-order chi connectivity index (χ1) is 40.0. The van der Waals surface area contributed by atoms with Gasteiger partial charge in [0.05, 0.1) is 0 Å². The van der Waals surface area contributed by atoms with E-state index in [1.54, 1.807) is 0 Å². The highest BCUT2D eigenvalue weighted by molar-refractivity contribution is 5.71. The normalized spacial score (nSPS) is 12.5. The second-order valence-corrected chi connectivity index (χ2v) is 23.8. The minimum absolute atomic E-state index is 0.0806. The van der Waals surface area contributed by atoms with Crippen LogP contribution >= 0.6 is 0 Å². The van der Waals surface area contributed by atoms with Crippen molar-refractivity contribution in [2.24, 2.45) is 0 Å². The lowest BCUT2D eigenvalue weighted by atomic mass is 10.0. The molecule has 0 aliphatic rings. The maximum atomic E-state index is 12.9. The van der Waals surface area contributed by atoms with Crippen molar-refractivity contribution < 1.29 is 28.6 Å². The molecule has 0 rings (SSSR count). The van der Waals surface area contributed by atoms with Crippen LogP contribution in [0.1, 0.15) is 367 Å². The molecule has 0 radical (unpaired) electrons. The van der Waals surface area contributed by atoms with E-state index < -0.39 is 6.10 Å². The first-order valence-electron chi connectivity index (χ1n) is 35.4. The highest BCUT2D eigenvalue weighted by Gasteiger charge is 2.19. The van der Waals surface area contributed by atoms with Gasteiger partial charge in [-0.15, -0.1) is 0 Å². The fraction of sp³-hybridized carbons (Fsp3) is 0.800. The van der Waals surface area contributed by atoms with Crippen LogP contribution in [0.5, 0.6) is 0 Å². The van der Waals surface area contributed by atoms with Gasteiger partial charge in [-0.2, -0.15) is 0 Å². The first-order valence-corrected chi connectivity index (χ1v) is 35.4. The largest absolute Gasteiger partial charge is 0.462 e. The standard InChI is InChI=1S/C75H134O6/c1-4-7-10-13-16-19-22-25-27-29-30-31-32-33-34-35-36-37-38-39-40-41-42-43-44-46-47-50-53-56-59-62-65-68-74(77)80-71-72(70-79-73(76)67-64-61-58-55-52-49-24-21-18-15-12-9-6-3)81-75(78)69-66-63-60-57-54-51-48-45-28-26-23-20-17-14-11-8-5-2/h8,11,17,20,22,25-26,28-30,48,51,72H,4-7,9-10,12-16,18-19,21,23-24,27,31-47,49-50,52-71H2,1-3H3/b11-8-,20-17-,25-22-,28-26-,30-29-,51-48-. The molecule has 0 bridgehead atoms. The van der Waals surface area contributed by atoms with Crippen molar-refractivity contribution in [3.63, 3.8) is 0 Å². The molecule has 0 aromatic heterocycles. The van der Waals surface area contributed by atoms with Crippen molar-refractivity contribution in [3.05, 3.63) is 72.9 Å². The summed E-state index contributed by atoms with van der Waals surface area (Å²) in [6.45, 7) is 6.54. The molecule has 470 valence electrons. The Morgan fingerprint density at radius 2 is 0.481 bits per heavy atom. The molecule has 6 heteroatoms. The number of carbonyl (C=O) groups excluding carboxylic acids is 3. The summed E-state index contributed by atoms with van der Waals surface area (Å²) in [5.41, 5.74) is 0. The Morgan fingerprint density at radius 3 is 0.753 bits per heavy atom. The quantitative estimate of drug-likeness (QED) is 0.0261. The summed E-state index contributed by atoms with van der Waals surface area (Å²) >= 11 is 0. The molecule has 0 aromatic rings. The number of carbonyl (C=O) groups is 3. The zero-order valence-corrected chi connectivity index (χ0v) is 54.1. The van der Waals surface area contributed by atoms with Gasteiger partial charge in [0, 0.05) is 19.3 Å². The fourth-order valence-corrected chi connectivity index (χ4v) is 10.4. The molecule has 1 unspecified atom stereocenters. The Kier molecular flexibility index (Phi) is 66.6. The van der Waals surface area contributed by atoms with E-state index in [4.69, 9.17) is 14.2 Å². The van der Waals surface area contributed by atoms with Gasteiger partial charge in [0.25, 0.3) is 0 Å². The van der Waals surface area contributed by atoms with E-state index in [0.717, 1.165) is 103 Å². The van der Waals surface area contributed by atoms with Crippen LogP contribution in [0.15, 0.2) is 72.9 Å². The Labute approximate surface area is 503 Å². The minimum Gasteiger partial charge on any atom is -0.462 e. The highest BCUT2D eigenvalue weighted by atomic mass is 16.6. The van der Waals surface area contributed by atoms with E-state index >= 15 is 0 Å². The average molecular weight is 1130 g/mol. The van der Waals surface area contributed by atoms with Crippen molar-refractivity contribution in [1.82, 2.24) is 0 Å². The van der Waals surface area contributed by atoms with Gasteiger partial charge < -0.3 is 14.2 Å². The van der Waals surface area contributed by atoms with Crippen LogP contribution in [0.4, 0.5) is 0 Å². The zero-order chi connectivity index (χ0) is 58.5. The maximum Gasteiger partial charge on any atom is 0.306 e. The number of hydrogen-bond donors (Lipinski definition) is 0. The van der Waals surface area contributed by atoms with E-state index in [1.165, 1.54) is 225 Å². The summed E-state index contributed by atoms with van der Waals surface area (Å²) in [5.74, 6) is -0.884. The van der Waals surface area contributed by atoms with Crippen molar-refractivity contribution in [1.29, 1.82) is 0 Å². The molecule has 1 atom stereocenters. The van der Waals surface area contributed by atoms with Crippen LogP contribution in [-0.2, 0) is 28.6 Å². The smallest absolute Gasteiger partial charge is 0.306 e. The average Bonchev–Trinajstić information content (AvgIpc) is 3.46. The molecule has 0 aromatic carbocycles. The van der Waals surface area contributed by atoms with Gasteiger partial charge in [0.15, 0.2) is 6.10 Å². The number of hydrogen-bond acceptors (Lipinski definition) is 6. The Hall–Kier alpha value is -3.15. The number of allylic oxidation sites excluding steroid dienone is 12. The summed E-state index contributed by atoms with van der Waals surface area (Å²) in [7, 11) is 0. The van der Waals surface area contributed by atoms with Crippen LogP contribution < -0.4 is 0 Å². The van der Waals surface area contributed by atoms with Gasteiger partial charge in [-0.1, -0.05) is 331 Å². The molecule has 0 saturated carbocycles. The summed E-state index contributed by atoms with van der Waals surface area (Å²) in [5, 5.41) is 0. The zero-order valence-electron chi connectivity index (χ0n) is 54.1. The number of unbranched alkanes of at least 4 members (excludes halogenated alkanes) is 42. The van der Waals surface area contributed by atoms with Crippen LogP contribution in [0.3, 0.4) is 0 Å².